The van der Waals surface area contributed by atoms with Crippen molar-refractivity contribution < 1.29 is 10.0 Å². The van der Waals surface area contributed by atoms with Gasteiger partial charge >= 0.3 is 0 Å². The lowest BCUT2D eigenvalue weighted by atomic mass is 9.77. The summed E-state index contributed by atoms with van der Waals surface area (Å²) in [6.45, 7) is 1.73. The van der Waals surface area contributed by atoms with E-state index in [9.17, 15) is 4.79 Å². The van der Waals surface area contributed by atoms with Gasteiger partial charge in [0.25, 0.3) is 0 Å². The van der Waals surface area contributed by atoms with E-state index in [-0.39, 0.29) is 5.91 Å². The van der Waals surface area contributed by atoms with Crippen LogP contribution in [0.4, 0.5) is 0 Å². The predicted molar refractivity (Wildman–Crippen MR) is 85.6 cm³/mol. The van der Waals surface area contributed by atoms with E-state index in [1.165, 1.54) is 43.2 Å². The molecule has 1 amide bonds. The first kappa shape index (κ1) is 15.5. The molecule has 120 valence electrons. The molecule has 0 spiro atoms. The second-order valence-electron chi connectivity index (χ2n) is 6.61. The Morgan fingerprint density at radius 3 is 2.77 bits per heavy atom. The van der Waals surface area contributed by atoms with Crippen LogP contribution >= 0.6 is 0 Å². The van der Waals surface area contributed by atoms with E-state index < -0.39 is 0 Å². The number of rotatable bonds is 4. The predicted octanol–water partition coefficient (Wildman–Crippen LogP) is 3.06. The van der Waals surface area contributed by atoms with Crippen LogP contribution in [0.2, 0.25) is 0 Å². The number of amides is 1. The fraction of sp³-hybridized carbons (Fsp3) is 0.611. The number of hydrogen-bond donors (Lipinski definition) is 2. The van der Waals surface area contributed by atoms with Crippen LogP contribution in [0.3, 0.4) is 0 Å². The Hall–Kier alpha value is -1.39. The molecule has 1 heterocycles. The van der Waals surface area contributed by atoms with Gasteiger partial charge in [-0.15, -0.1) is 0 Å². The Morgan fingerprint density at radius 2 is 2.00 bits per heavy atom. The Bertz CT molecular complexity index is 512. The van der Waals surface area contributed by atoms with Gasteiger partial charge in [0.2, 0.25) is 5.91 Å². The molecular weight excluding hydrogens is 276 g/mol. The van der Waals surface area contributed by atoms with E-state index in [1.807, 2.05) is 0 Å². The van der Waals surface area contributed by atoms with E-state index in [4.69, 9.17) is 5.21 Å². The largest absolute Gasteiger partial charge is 0.295 e. The summed E-state index contributed by atoms with van der Waals surface area (Å²) in [6.07, 6.45) is 8.02. The van der Waals surface area contributed by atoms with Gasteiger partial charge in [-0.05, 0) is 36.3 Å². The molecular formula is C18H26N2O2. The maximum absolute atomic E-state index is 11.4. The standard InChI is InChI=1S/C18H26N2O2/c21-17(19-22)11-13-20-12-10-14-6-4-5-9-16(14)18(20)15-7-2-1-3-8-15/h4-6,9,15,18,22H,1-3,7-8,10-13H2,(H,19,21). The number of hydrogen-bond acceptors (Lipinski definition) is 3. The molecule has 0 bridgehead atoms. The second kappa shape index (κ2) is 7.25. The van der Waals surface area contributed by atoms with Crippen molar-refractivity contribution in [2.24, 2.45) is 5.92 Å². The number of nitrogens with zero attached hydrogens (tertiary/aromatic N) is 1. The van der Waals surface area contributed by atoms with Crippen molar-refractivity contribution in [3.8, 4) is 0 Å². The zero-order chi connectivity index (χ0) is 15.4. The molecule has 1 atom stereocenters. The lowest BCUT2D eigenvalue weighted by molar-refractivity contribution is -0.129. The SMILES string of the molecule is O=C(CCN1CCc2ccccc2C1C1CCCCC1)NO. The molecule has 2 aliphatic rings. The van der Waals surface area contributed by atoms with E-state index in [0.29, 0.717) is 18.4 Å². The van der Waals surface area contributed by atoms with E-state index in [2.05, 4.69) is 29.2 Å². The lowest BCUT2D eigenvalue weighted by Gasteiger charge is -2.43. The quantitative estimate of drug-likeness (QED) is 0.664. The lowest BCUT2D eigenvalue weighted by Crippen LogP contribution is -2.41. The van der Waals surface area contributed by atoms with Crippen molar-refractivity contribution in [2.45, 2.75) is 51.0 Å². The van der Waals surface area contributed by atoms with E-state index >= 15 is 0 Å². The molecule has 1 fully saturated rings. The smallest absolute Gasteiger partial charge is 0.244 e. The van der Waals surface area contributed by atoms with Gasteiger partial charge in [-0.3, -0.25) is 14.9 Å². The number of benzene rings is 1. The van der Waals surface area contributed by atoms with Crippen LogP contribution in [-0.4, -0.2) is 29.1 Å². The average Bonchev–Trinajstić information content (AvgIpc) is 2.59. The van der Waals surface area contributed by atoms with Crippen LogP contribution in [0.25, 0.3) is 0 Å². The molecule has 0 radical (unpaired) electrons. The van der Waals surface area contributed by atoms with Crippen LogP contribution in [0.15, 0.2) is 24.3 Å². The molecule has 0 saturated heterocycles. The van der Waals surface area contributed by atoms with Crippen LogP contribution in [-0.2, 0) is 11.2 Å². The Labute approximate surface area is 132 Å². The first-order valence-corrected chi connectivity index (χ1v) is 8.54. The normalized spacial score (nSPS) is 23.0. The van der Waals surface area contributed by atoms with Crippen LogP contribution in [0.1, 0.15) is 55.7 Å². The fourth-order valence-electron chi connectivity index (χ4n) is 4.20. The van der Waals surface area contributed by atoms with Crippen molar-refractivity contribution >= 4 is 5.91 Å². The molecule has 1 aromatic rings. The first-order valence-electron chi connectivity index (χ1n) is 8.54. The average molecular weight is 302 g/mol. The number of fused-ring (bicyclic) bond motifs is 1. The minimum Gasteiger partial charge on any atom is -0.295 e. The van der Waals surface area contributed by atoms with Crippen LogP contribution in [0.5, 0.6) is 0 Å². The van der Waals surface area contributed by atoms with Crippen molar-refractivity contribution in [1.29, 1.82) is 0 Å². The van der Waals surface area contributed by atoms with Gasteiger partial charge < -0.3 is 0 Å². The van der Waals surface area contributed by atoms with Crippen LogP contribution in [0, 0.1) is 5.92 Å². The molecule has 1 aromatic carbocycles. The number of carbonyl (C=O) groups is 1. The summed E-state index contributed by atoms with van der Waals surface area (Å²) >= 11 is 0. The molecule has 4 heteroatoms. The molecule has 1 unspecified atom stereocenters. The summed E-state index contributed by atoms with van der Waals surface area (Å²) in [5.41, 5.74) is 4.69. The molecule has 1 aliphatic heterocycles. The van der Waals surface area contributed by atoms with Crippen molar-refractivity contribution in [3.63, 3.8) is 0 Å². The third-order valence-corrected chi connectivity index (χ3v) is 5.28. The van der Waals surface area contributed by atoms with Gasteiger partial charge in [-0.25, -0.2) is 5.48 Å². The maximum Gasteiger partial charge on any atom is 0.244 e. The highest BCUT2D eigenvalue weighted by molar-refractivity contribution is 5.74. The Balaban J connectivity index is 1.80. The molecule has 1 saturated carbocycles. The topological polar surface area (TPSA) is 52.6 Å². The van der Waals surface area contributed by atoms with Gasteiger partial charge in [0, 0.05) is 25.6 Å². The minimum atomic E-state index is -0.291. The van der Waals surface area contributed by atoms with Gasteiger partial charge in [-0.2, -0.15) is 0 Å². The Morgan fingerprint density at radius 1 is 1.23 bits per heavy atom. The monoisotopic (exact) mass is 302 g/mol. The first-order chi connectivity index (χ1) is 10.8. The summed E-state index contributed by atoms with van der Waals surface area (Å²) in [6, 6.07) is 9.23. The zero-order valence-electron chi connectivity index (χ0n) is 13.1. The van der Waals surface area contributed by atoms with Gasteiger partial charge in [0.1, 0.15) is 0 Å². The molecule has 4 nitrogen and oxygen atoms in total. The van der Waals surface area contributed by atoms with Gasteiger partial charge in [-0.1, -0.05) is 43.5 Å². The molecule has 1 aliphatic carbocycles. The highest BCUT2D eigenvalue weighted by atomic mass is 16.5. The summed E-state index contributed by atoms with van der Waals surface area (Å²) in [5, 5.41) is 8.72. The third kappa shape index (κ3) is 3.33. The summed E-state index contributed by atoms with van der Waals surface area (Å²) in [7, 11) is 0. The van der Waals surface area contributed by atoms with Crippen molar-refractivity contribution in [2.75, 3.05) is 13.1 Å². The number of carbonyl (C=O) groups excluding carboxylic acids is 1. The summed E-state index contributed by atoms with van der Waals surface area (Å²) in [4.78, 5) is 13.9. The van der Waals surface area contributed by atoms with Crippen molar-refractivity contribution in [3.05, 3.63) is 35.4 Å². The molecule has 3 rings (SSSR count). The molecule has 0 aromatic heterocycles. The second-order valence-corrected chi connectivity index (χ2v) is 6.61. The zero-order valence-corrected chi connectivity index (χ0v) is 13.1. The van der Waals surface area contributed by atoms with Gasteiger partial charge in [0.15, 0.2) is 0 Å². The fourth-order valence-corrected chi connectivity index (χ4v) is 4.20. The number of hydroxylamine groups is 1. The highest BCUT2D eigenvalue weighted by Crippen LogP contribution is 2.41. The van der Waals surface area contributed by atoms with Crippen LogP contribution < -0.4 is 5.48 Å². The van der Waals surface area contributed by atoms with E-state index in [1.54, 1.807) is 5.48 Å². The summed E-state index contributed by atoms with van der Waals surface area (Å²) < 4.78 is 0. The number of nitrogens with one attached hydrogen (secondary N) is 1. The molecule has 2 N–H and O–H groups in total. The Kier molecular flexibility index (Phi) is 5.11. The maximum atomic E-state index is 11.4. The van der Waals surface area contributed by atoms with Gasteiger partial charge in [0.05, 0.1) is 0 Å². The van der Waals surface area contributed by atoms with Crippen molar-refractivity contribution in [1.82, 2.24) is 10.4 Å². The highest BCUT2D eigenvalue weighted by Gasteiger charge is 2.34. The summed E-state index contributed by atoms with van der Waals surface area (Å²) in [5.74, 6) is 0.411. The molecule has 22 heavy (non-hydrogen) atoms. The third-order valence-electron chi connectivity index (χ3n) is 5.28. The van der Waals surface area contributed by atoms with E-state index in [0.717, 1.165) is 19.5 Å². The minimum absolute atomic E-state index is 0.291.